The number of sulfonamides is 1. The van der Waals surface area contributed by atoms with E-state index in [0.29, 0.717) is 11.4 Å². The van der Waals surface area contributed by atoms with E-state index in [4.69, 9.17) is 4.42 Å². The van der Waals surface area contributed by atoms with Gasteiger partial charge >= 0.3 is 0 Å². The summed E-state index contributed by atoms with van der Waals surface area (Å²) < 4.78 is 32.6. The average molecular weight is 431 g/mol. The molecule has 0 aliphatic heterocycles. The number of hydrogen-bond donors (Lipinski definition) is 2. The highest BCUT2D eigenvalue weighted by molar-refractivity contribution is 8.00. The van der Waals surface area contributed by atoms with Gasteiger partial charge in [0, 0.05) is 10.6 Å². The van der Waals surface area contributed by atoms with E-state index in [1.165, 1.54) is 30.2 Å². The zero-order valence-electron chi connectivity index (χ0n) is 16.1. The van der Waals surface area contributed by atoms with Crippen LogP contribution in [0.2, 0.25) is 0 Å². The van der Waals surface area contributed by atoms with Crippen LogP contribution in [0.25, 0.3) is 0 Å². The Balaban J connectivity index is 1.61. The van der Waals surface area contributed by atoms with Crippen LogP contribution < -0.4 is 10.0 Å². The summed E-state index contributed by atoms with van der Waals surface area (Å²) in [6.07, 6.45) is 1.48. The Bertz CT molecular complexity index is 1090. The molecule has 1 amide bonds. The third kappa shape index (κ3) is 5.96. The molecule has 0 saturated heterocycles. The lowest BCUT2D eigenvalue weighted by Crippen LogP contribution is -2.23. The van der Waals surface area contributed by atoms with Gasteiger partial charge in [0.25, 0.3) is 0 Å². The molecule has 0 radical (unpaired) electrons. The summed E-state index contributed by atoms with van der Waals surface area (Å²) in [5.41, 5.74) is 2.68. The van der Waals surface area contributed by atoms with E-state index in [1.54, 1.807) is 24.3 Å². The number of carbonyl (C=O) groups excluding carboxylic acids is 1. The fourth-order valence-electron chi connectivity index (χ4n) is 2.61. The normalized spacial score (nSPS) is 11.4. The van der Waals surface area contributed by atoms with Crippen molar-refractivity contribution in [2.45, 2.75) is 30.2 Å². The fraction of sp³-hybridized carbons (Fsp3) is 0.190. The van der Waals surface area contributed by atoms with Crippen LogP contribution in [0, 0.1) is 13.8 Å². The topological polar surface area (TPSA) is 88.4 Å². The number of carbonyl (C=O) groups is 1. The standard InChI is InChI=1S/C21H22N2O4S2/c1-15-8-9-16(2)20(11-15)28-14-21(24)23-17-5-3-7-19(12-17)29(25,26)22-13-18-6-4-10-27-18/h3-12,22H,13-14H2,1-2H3,(H,23,24). The van der Waals surface area contributed by atoms with Gasteiger partial charge in [0.15, 0.2) is 0 Å². The summed E-state index contributed by atoms with van der Waals surface area (Å²) in [7, 11) is -3.73. The molecule has 29 heavy (non-hydrogen) atoms. The Morgan fingerprint density at radius 1 is 1.07 bits per heavy atom. The van der Waals surface area contributed by atoms with Crippen molar-refractivity contribution in [3.05, 3.63) is 77.7 Å². The van der Waals surface area contributed by atoms with E-state index >= 15 is 0 Å². The Labute approximate surface area is 174 Å². The fourth-order valence-corrected chi connectivity index (χ4v) is 4.57. The Kier molecular flexibility index (Phi) is 6.79. The van der Waals surface area contributed by atoms with E-state index in [-0.39, 0.29) is 23.1 Å². The van der Waals surface area contributed by atoms with Crippen LogP contribution >= 0.6 is 11.8 Å². The molecular formula is C21H22N2O4S2. The lowest BCUT2D eigenvalue weighted by molar-refractivity contribution is -0.113. The van der Waals surface area contributed by atoms with Gasteiger partial charge in [0.05, 0.1) is 23.5 Å². The van der Waals surface area contributed by atoms with E-state index in [0.717, 1.165) is 16.0 Å². The van der Waals surface area contributed by atoms with Crippen molar-refractivity contribution in [1.82, 2.24) is 4.72 Å². The molecule has 0 spiro atoms. The van der Waals surface area contributed by atoms with Crippen molar-refractivity contribution in [2.75, 3.05) is 11.1 Å². The monoisotopic (exact) mass is 430 g/mol. The second-order valence-corrected chi connectivity index (χ2v) is 9.32. The van der Waals surface area contributed by atoms with Crippen molar-refractivity contribution in [1.29, 1.82) is 0 Å². The van der Waals surface area contributed by atoms with Gasteiger partial charge in [0.2, 0.25) is 15.9 Å². The zero-order chi connectivity index (χ0) is 20.9. The van der Waals surface area contributed by atoms with Crippen LogP contribution in [0.1, 0.15) is 16.9 Å². The molecule has 2 aromatic carbocycles. The van der Waals surface area contributed by atoms with Gasteiger partial charge in [-0.3, -0.25) is 4.79 Å². The number of rotatable bonds is 8. The highest BCUT2D eigenvalue weighted by Gasteiger charge is 2.15. The van der Waals surface area contributed by atoms with E-state index < -0.39 is 10.0 Å². The molecule has 3 aromatic rings. The predicted molar refractivity (Wildman–Crippen MR) is 114 cm³/mol. The van der Waals surface area contributed by atoms with Crippen LogP contribution in [-0.4, -0.2) is 20.1 Å². The molecule has 1 heterocycles. The molecule has 0 saturated carbocycles. The highest BCUT2D eigenvalue weighted by Crippen LogP contribution is 2.24. The Hall–Kier alpha value is -2.55. The molecule has 0 atom stereocenters. The first-order chi connectivity index (χ1) is 13.8. The van der Waals surface area contributed by atoms with Crippen molar-refractivity contribution in [3.8, 4) is 0 Å². The van der Waals surface area contributed by atoms with Gasteiger partial charge in [-0.2, -0.15) is 0 Å². The summed E-state index contributed by atoms with van der Waals surface area (Å²) in [5.74, 6) is 0.549. The second kappa shape index (κ2) is 9.30. The maximum Gasteiger partial charge on any atom is 0.241 e. The highest BCUT2D eigenvalue weighted by atomic mass is 32.2. The Morgan fingerprint density at radius 2 is 1.90 bits per heavy atom. The molecule has 0 unspecified atom stereocenters. The number of thioether (sulfide) groups is 1. The van der Waals surface area contributed by atoms with Gasteiger partial charge in [-0.05, 0) is 55.8 Å². The van der Waals surface area contributed by atoms with Gasteiger partial charge < -0.3 is 9.73 Å². The molecule has 0 aliphatic carbocycles. The van der Waals surface area contributed by atoms with Crippen molar-refractivity contribution >= 4 is 33.4 Å². The molecule has 0 bridgehead atoms. The summed E-state index contributed by atoms with van der Waals surface area (Å²) in [4.78, 5) is 13.4. The van der Waals surface area contributed by atoms with Crippen LogP contribution in [0.15, 0.2) is 75.1 Å². The number of benzene rings is 2. The summed E-state index contributed by atoms with van der Waals surface area (Å²) >= 11 is 1.45. The minimum Gasteiger partial charge on any atom is -0.468 e. The molecular weight excluding hydrogens is 408 g/mol. The SMILES string of the molecule is Cc1ccc(C)c(SCC(=O)Nc2cccc(S(=O)(=O)NCc3ccco3)c2)c1. The molecule has 152 valence electrons. The summed E-state index contributed by atoms with van der Waals surface area (Å²) in [5, 5.41) is 2.76. The number of amides is 1. The zero-order valence-corrected chi connectivity index (χ0v) is 17.8. The van der Waals surface area contributed by atoms with E-state index in [2.05, 4.69) is 10.0 Å². The number of hydrogen-bond acceptors (Lipinski definition) is 5. The molecule has 0 aliphatic rings. The van der Waals surface area contributed by atoms with Crippen LogP contribution in [0.3, 0.4) is 0 Å². The predicted octanol–water partition coefficient (Wildman–Crippen LogP) is 4.11. The first-order valence-electron chi connectivity index (χ1n) is 8.95. The third-order valence-electron chi connectivity index (χ3n) is 4.15. The van der Waals surface area contributed by atoms with Gasteiger partial charge in [0.1, 0.15) is 5.76 Å². The molecule has 2 N–H and O–H groups in total. The molecule has 1 aromatic heterocycles. The number of aryl methyl sites for hydroxylation is 2. The smallest absolute Gasteiger partial charge is 0.241 e. The molecule has 8 heteroatoms. The first kappa shape index (κ1) is 21.2. The lowest BCUT2D eigenvalue weighted by Gasteiger charge is -2.10. The summed E-state index contributed by atoms with van der Waals surface area (Å²) in [6.45, 7) is 4.07. The maximum absolute atomic E-state index is 12.5. The van der Waals surface area contributed by atoms with Crippen LogP contribution in [0.5, 0.6) is 0 Å². The van der Waals surface area contributed by atoms with Gasteiger partial charge in [-0.25, -0.2) is 13.1 Å². The first-order valence-corrected chi connectivity index (χ1v) is 11.4. The van der Waals surface area contributed by atoms with Crippen molar-refractivity contribution in [3.63, 3.8) is 0 Å². The number of furan rings is 1. The second-order valence-electron chi connectivity index (χ2n) is 6.54. The summed E-state index contributed by atoms with van der Waals surface area (Å²) in [6, 6.07) is 15.6. The molecule has 3 rings (SSSR count). The van der Waals surface area contributed by atoms with E-state index in [1.807, 2.05) is 32.0 Å². The molecule has 6 nitrogen and oxygen atoms in total. The number of anilines is 1. The Morgan fingerprint density at radius 3 is 2.66 bits per heavy atom. The van der Waals surface area contributed by atoms with Gasteiger partial charge in [-0.15, -0.1) is 11.8 Å². The maximum atomic E-state index is 12.5. The largest absolute Gasteiger partial charge is 0.468 e. The quantitative estimate of drug-likeness (QED) is 0.525. The molecule has 0 fully saturated rings. The minimum absolute atomic E-state index is 0.0540. The van der Waals surface area contributed by atoms with Gasteiger partial charge in [-0.1, -0.05) is 23.8 Å². The van der Waals surface area contributed by atoms with Crippen LogP contribution in [0.4, 0.5) is 5.69 Å². The van der Waals surface area contributed by atoms with Crippen LogP contribution in [-0.2, 0) is 21.4 Å². The lowest BCUT2D eigenvalue weighted by atomic mass is 10.2. The minimum atomic E-state index is -3.73. The van der Waals surface area contributed by atoms with Crippen molar-refractivity contribution in [2.24, 2.45) is 0 Å². The number of nitrogens with one attached hydrogen (secondary N) is 2. The third-order valence-corrected chi connectivity index (χ3v) is 6.70. The van der Waals surface area contributed by atoms with Crippen molar-refractivity contribution < 1.29 is 17.6 Å². The van der Waals surface area contributed by atoms with E-state index in [9.17, 15) is 13.2 Å². The average Bonchev–Trinajstić information content (AvgIpc) is 3.21.